The molecule has 0 aromatic heterocycles. The Balaban J connectivity index is 1.42. The van der Waals surface area contributed by atoms with Gasteiger partial charge in [-0.1, -0.05) is 36.4 Å². The Hall–Kier alpha value is -2.73. The summed E-state index contributed by atoms with van der Waals surface area (Å²) in [6.45, 7) is 4.41. The van der Waals surface area contributed by atoms with Crippen molar-refractivity contribution in [1.82, 2.24) is 4.90 Å². The molecule has 0 aliphatic carbocycles. The number of hydrogen-bond acceptors (Lipinski definition) is 4. The van der Waals surface area contributed by atoms with E-state index in [9.17, 15) is 14.9 Å². The van der Waals surface area contributed by atoms with E-state index < -0.39 is 4.92 Å². The zero-order chi connectivity index (χ0) is 19.9. The molecule has 1 aliphatic rings. The van der Waals surface area contributed by atoms with Crippen LogP contribution in [0.4, 0.5) is 11.4 Å². The number of carbonyl (C=O) groups excluding carboxylic acids is 1. The molecule has 6 heteroatoms. The zero-order valence-electron chi connectivity index (χ0n) is 16.3. The number of nitrogens with one attached hydrogen (secondary N) is 1. The summed E-state index contributed by atoms with van der Waals surface area (Å²) in [4.78, 5) is 25.2. The van der Waals surface area contributed by atoms with Crippen molar-refractivity contribution < 1.29 is 9.72 Å². The van der Waals surface area contributed by atoms with Crippen molar-refractivity contribution in [1.29, 1.82) is 0 Å². The van der Waals surface area contributed by atoms with E-state index in [2.05, 4.69) is 34.5 Å². The summed E-state index contributed by atoms with van der Waals surface area (Å²) in [5, 5.41) is 13.8. The summed E-state index contributed by atoms with van der Waals surface area (Å²) in [7, 11) is 0. The van der Waals surface area contributed by atoms with Crippen molar-refractivity contribution in [2.24, 2.45) is 5.92 Å². The zero-order valence-corrected chi connectivity index (χ0v) is 16.3. The number of benzene rings is 2. The van der Waals surface area contributed by atoms with Gasteiger partial charge in [0.05, 0.1) is 16.2 Å². The second-order valence-corrected chi connectivity index (χ2v) is 7.48. The number of nitrogens with zero attached hydrogens (tertiary/aromatic N) is 2. The molecule has 0 bridgehead atoms. The Labute approximate surface area is 165 Å². The van der Waals surface area contributed by atoms with E-state index in [4.69, 9.17) is 0 Å². The molecule has 0 unspecified atom stereocenters. The van der Waals surface area contributed by atoms with Crippen LogP contribution < -0.4 is 5.32 Å². The third-order valence-electron chi connectivity index (χ3n) is 5.51. The van der Waals surface area contributed by atoms with Crippen molar-refractivity contribution in [3.8, 4) is 0 Å². The molecule has 3 rings (SSSR count). The van der Waals surface area contributed by atoms with Crippen molar-refractivity contribution in [2.45, 2.75) is 32.6 Å². The van der Waals surface area contributed by atoms with Crippen LogP contribution in [0.3, 0.4) is 0 Å². The summed E-state index contributed by atoms with van der Waals surface area (Å²) in [5.41, 5.74) is 2.43. The van der Waals surface area contributed by atoms with E-state index in [1.54, 1.807) is 19.1 Å². The van der Waals surface area contributed by atoms with Crippen LogP contribution in [0.1, 0.15) is 30.4 Å². The van der Waals surface area contributed by atoms with Gasteiger partial charge in [-0.15, -0.1) is 0 Å². The molecule has 0 spiro atoms. The number of anilines is 1. The molecule has 1 amide bonds. The highest BCUT2D eigenvalue weighted by atomic mass is 16.6. The van der Waals surface area contributed by atoms with Crippen LogP contribution in [-0.2, 0) is 11.2 Å². The van der Waals surface area contributed by atoms with Crippen LogP contribution in [0, 0.1) is 23.0 Å². The number of hydrogen-bond donors (Lipinski definition) is 1. The van der Waals surface area contributed by atoms with Crippen molar-refractivity contribution in [2.75, 3.05) is 25.0 Å². The van der Waals surface area contributed by atoms with E-state index in [1.165, 1.54) is 11.6 Å². The molecule has 2 aromatic rings. The van der Waals surface area contributed by atoms with Crippen molar-refractivity contribution in [3.63, 3.8) is 0 Å². The molecule has 148 valence electrons. The molecule has 0 atom stereocenters. The Kier molecular flexibility index (Phi) is 6.76. The van der Waals surface area contributed by atoms with Gasteiger partial charge >= 0.3 is 0 Å². The first kappa shape index (κ1) is 20.0. The molecular formula is C22H27N3O3. The third kappa shape index (κ3) is 5.39. The van der Waals surface area contributed by atoms with Gasteiger partial charge in [-0.25, -0.2) is 0 Å². The lowest BCUT2D eigenvalue weighted by Gasteiger charge is -2.31. The molecule has 1 aliphatic heterocycles. The number of nitro groups is 1. The van der Waals surface area contributed by atoms with Gasteiger partial charge in [-0.05, 0) is 56.8 Å². The maximum atomic E-state index is 12.3. The molecule has 1 fully saturated rings. The first-order valence-corrected chi connectivity index (χ1v) is 9.83. The average Bonchev–Trinajstić information content (AvgIpc) is 2.69. The predicted molar refractivity (Wildman–Crippen MR) is 110 cm³/mol. The highest BCUT2D eigenvalue weighted by molar-refractivity contribution is 5.92. The first-order valence-electron chi connectivity index (χ1n) is 9.83. The highest BCUT2D eigenvalue weighted by Crippen LogP contribution is 2.25. The molecular weight excluding hydrogens is 354 g/mol. The van der Waals surface area contributed by atoms with Crippen LogP contribution in [0.15, 0.2) is 48.5 Å². The van der Waals surface area contributed by atoms with E-state index in [1.807, 2.05) is 6.07 Å². The molecule has 6 nitrogen and oxygen atoms in total. The SMILES string of the molecule is Cc1c(NC(=O)CCN2CCC(Cc3ccccc3)CC2)cccc1[N+](=O)[O-]. The maximum absolute atomic E-state index is 12.3. The van der Waals surface area contributed by atoms with Crippen LogP contribution in [0.2, 0.25) is 0 Å². The fourth-order valence-corrected chi connectivity index (χ4v) is 3.79. The number of rotatable bonds is 7. The van der Waals surface area contributed by atoms with Gasteiger partial charge in [-0.2, -0.15) is 0 Å². The minimum Gasteiger partial charge on any atom is -0.326 e. The van der Waals surface area contributed by atoms with Gasteiger partial charge in [-0.3, -0.25) is 14.9 Å². The first-order chi connectivity index (χ1) is 13.5. The molecule has 1 heterocycles. The van der Waals surface area contributed by atoms with Crippen LogP contribution in [-0.4, -0.2) is 35.4 Å². The Morgan fingerprint density at radius 3 is 2.54 bits per heavy atom. The molecule has 0 radical (unpaired) electrons. The highest BCUT2D eigenvalue weighted by Gasteiger charge is 2.20. The third-order valence-corrected chi connectivity index (χ3v) is 5.51. The summed E-state index contributed by atoms with van der Waals surface area (Å²) in [6.07, 6.45) is 3.83. The maximum Gasteiger partial charge on any atom is 0.274 e. The van der Waals surface area contributed by atoms with Gasteiger partial charge in [0, 0.05) is 19.0 Å². The number of amides is 1. The van der Waals surface area contributed by atoms with Crippen molar-refractivity contribution >= 4 is 17.3 Å². The summed E-state index contributed by atoms with van der Waals surface area (Å²) in [5.74, 6) is 0.606. The quantitative estimate of drug-likeness (QED) is 0.576. The molecule has 28 heavy (non-hydrogen) atoms. The number of likely N-dealkylation sites (tertiary alicyclic amines) is 1. The van der Waals surface area contributed by atoms with Gasteiger partial charge in [0.2, 0.25) is 5.91 Å². The molecule has 1 N–H and O–H groups in total. The Morgan fingerprint density at radius 1 is 1.14 bits per heavy atom. The van der Waals surface area contributed by atoms with E-state index >= 15 is 0 Å². The van der Waals surface area contributed by atoms with E-state index in [-0.39, 0.29) is 11.6 Å². The monoisotopic (exact) mass is 381 g/mol. The molecule has 2 aromatic carbocycles. The fraction of sp³-hybridized carbons (Fsp3) is 0.409. The van der Waals surface area contributed by atoms with E-state index in [0.717, 1.165) is 38.9 Å². The second-order valence-electron chi connectivity index (χ2n) is 7.48. The van der Waals surface area contributed by atoms with Gasteiger partial charge < -0.3 is 10.2 Å². The average molecular weight is 381 g/mol. The van der Waals surface area contributed by atoms with Crippen LogP contribution >= 0.6 is 0 Å². The largest absolute Gasteiger partial charge is 0.326 e. The normalized spacial score (nSPS) is 15.3. The summed E-state index contributed by atoms with van der Waals surface area (Å²) in [6, 6.07) is 15.3. The minimum absolute atomic E-state index is 0.0262. The summed E-state index contributed by atoms with van der Waals surface area (Å²) < 4.78 is 0. The van der Waals surface area contributed by atoms with Crippen LogP contribution in [0.5, 0.6) is 0 Å². The fourth-order valence-electron chi connectivity index (χ4n) is 3.79. The standard InChI is InChI=1S/C22H27N3O3/c1-17-20(8-5-9-21(17)25(27)28)23-22(26)12-15-24-13-10-19(11-14-24)16-18-6-3-2-4-7-18/h2-9,19H,10-16H2,1H3,(H,23,26). The van der Waals surface area contributed by atoms with Crippen LogP contribution in [0.25, 0.3) is 0 Å². The number of nitro benzene ring substituents is 1. The van der Waals surface area contributed by atoms with Crippen molar-refractivity contribution in [3.05, 3.63) is 69.8 Å². The number of piperidine rings is 1. The topological polar surface area (TPSA) is 75.5 Å². The van der Waals surface area contributed by atoms with E-state index in [0.29, 0.717) is 23.6 Å². The lowest BCUT2D eigenvalue weighted by molar-refractivity contribution is -0.385. The Morgan fingerprint density at radius 2 is 1.86 bits per heavy atom. The second kappa shape index (κ2) is 9.46. The Bertz CT molecular complexity index is 815. The smallest absolute Gasteiger partial charge is 0.274 e. The summed E-state index contributed by atoms with van der Waals surface area (Å²) >= 11 is 0. The molecule has 0 saturated carbocycles. The van der Waals surface area contributed by atoms with Gasteiger partial charge in [0.1, 0.15) is 0 Å². The predicted octanol–water partition coefficient (Wildman–Crippen LogP) is 4.19. The molecule has 1 saturated heterocycles. The van der Waals surface area contributed by atoms with Gasteiger partial charge in [0.25, 0.3) is 5.69 Å². The van der Waals surface area contributed by atoms with Gasteiger partial charge in [0.15, 0.2) is 0 Å². The minimum atomic E-state index is -0.426. The number of carbonyl (C=O) groups is 1. The lowest BCUT2D eigenvalue weighted by Crippen LogP contribution is -2.36. The lowest BCUT2D eigenvalue weighted by atomic mass is 9.90.